The van der Waals surface area contributed by atoms with Crippen LogP contribution in [0.3, 0.4) is 0 Å². The average molecular weight is 248 g/mol. The number of anilines is 1. The van der Waals surface area contributed by atoms with Crippen molar-refractivity contribution in [3.05, 3.63) is 24.5 Å². The summed E-state index contributed by atoms with van der Waals surface area (Å²) in [6.45, 7) is 1.51. The molecule has 2 aliphatic rings. The van der Waals surface area contributed by atoms with Crippen molar-refractivity contribution in [3.8, 4) is 0 Å². The lowest BCUT2D eigenvalue weighted by Gasteiger charge is -2.39. The van der Waals surface area contributed by atoms with E-state index in [2.05, 4.69) is 29.1 Å². The summed E-state index contributed by atoms with van der Waals surface area (Å²) in [4.78, 5) is 6.41. The van der Waals surface area contributed by atoms with Gasteiger partial charge in [0.05, 0.1) is 13.2 Å². The second kappa shape index (κ2) is 4.86. The Morgan fingerprint density at radius 3 is 2.39 bits per heavy atom. The second-order valence-electron chi connectivity index (χ2n) is 5.16. The van der Waals surface area contributed by atoms with Gasteiger partial charge in [-0.2, -0.15) is 0 Å². The number of aromatic nitrogens is 1. The fraction of sp³-hybridized carbons (Fsp3) is 0.643. The van der Waals surface area contributed by atoms with Crippen LogP contribution in [-0.2, 0) is 9.47 Å². The largest absolute Gasteiger partial charge is 0.372 e. The first-order chi connectivity index (χ1) is 8.79. The number of nitrogens with zero attached hydrogens (tertiary/aromatic N) is 2. The molecule has 0 radical (unpaired) electrons. The molecule has 2 fully saturated rings. The fourth-order valence-corrected chi connectivity index (χ4v) is 3.01. The van der Waals surface area contributed by atoms with Crippen molar-refractivity contribution in [3.63, 3.8) is 0 Å². The lowest BCUT2D eigenvalue weighted by molar-refractivity contribution is -0.178. The first kappa shape index (κ1) is 11.9. The quantitative estimate of drug-likeness (QED) is 0.803. The van der Waals surface area contributed by atoms with E-state index in [0.29, 0.717) is 6.04 Å². The van der Waals surface area contributed by atoms with E-state index in [9.17, 15) is 0 Å². The van der Waals surface area contributed by atoms with Crippen LogP contribution in [0.1, 0.15) is 25.7 Å². The Kier molecular flexibility index (Phi) is 3.22. The molecule has 1 spiro atoms. The highest BCUT2D eigenvalue weighted by atomic mass is 16.7. The van der Waals surface area contributed by atoms with E-state index in [-0.39, 0.29) is 5.79 Å². The molecule has 1 aliphatic carbocycles. The fourth-order valence-electron chi connectivity index (χ4n) is 3.01. The molecule has 4 nitrogen and oxygen atoms in total. The number of rotatable bonds is 2. The third-order valence-electron chi connectivity index (χ3n) is 4.15. The molecule has 0 unspecified atom stereocenters. The highest BCUT2D eigenvalue weighted by molar-refractivity contribution is 5.44. The summed E-state index contributed by atoms with van der Waals surface area (Å²) < 4.78 is 11.5. The number of hydrogen-bond donors (Lipinski definition) is 0. The van der Waals surface area contributed by atoms with Gasteiger partial charge in [0.25, 0.3) is 0 Å². The van der Waals surface area contributed by atoms with Gasteiger partial charge in [0.2, 0.25) is 0 Å². The van der Waals surface area contributed by atoms with Crippen LogP contribution in [0.25, 0.3) is 0 Å². The Hall–Kier alpha value is -1.13. The zero-order valence-electron chi connectivity index (χ0n) is 10.8. The van der Waals surface area contributed by atoms with E-state index in [1.54, 1.807) is 0 Å². The van der Waals surface area contributed by atoms with E-state index in [1.165, 1.54) is 5.69 Å². The molecule has 0 amide bonds. The van der Waals surface area contributed by atoms with Gasteiger partial charge in [-0.15, -0.1) is 0 Å². The van der Waals surface area contributed by atoms with Gasteiger partial charge in [0.15, 0.2) is 5.79 Å². The summed E-state index contributed by atoms with van der Waals surface area (Å²) in [5.74, 6) is -0.254. The van der Waals surface area contributed by atoms with Crippen LogP contribution < -0.4 is 4.90 Å². The third-order valence-corrected chi connectivity index (χ3v) is 4.15. The molecule has 0 aromatic carbocycles. The highest BCUT2D eigenvalue weighted by Crippen LogP contribution is 2.37. The van der Waals surface area contributed by atoms with E-state index in [0.717, 1.165) is 38.9 Å². The van der Waals surface area contributed by atoms with Crippen molar-refractivity contribution in [1.29, 1.82) is 0 Å². The first-order valence-electron chi connectivity index (χ1n) is 6.70. The molecule has 18 heavy (non-hydrogen) atoms. The van der Waals surface area contributed by atoms with Gasteiger partial charge in [0, 0.05) is 44.0 Å². The number of hydrogen-bond acceptors (Lipinski definition) is 4. The van der Waals surface area contributed by atoms with Gasteiger partial charge in [-0.05, 0) is 25.0 Å². The summed E-state index contributed by atoms with van der Waals surface area (Å²) in [5, 5.41) is 0. The summed E-state index contributed by atoms with van der Waals surface area (Å²) in [7, 11) is 2.16. The van der Waals surface area contributed by atoms with Gasteiger partial charge in [0.1, 0.15) is 0 Å². The van der Waals surface area contributed by atoms with Crippen LogP contribution in [0.4, 0.5) is 5.69 Å². The van der Waals surface area contributed by atoms with Gasteiger partial charge >= 0.3 is 0 Å². The Labute approximate surface area is 108 Å². The predicted molar refractivity (Wildman–Crippen MR) is 69.5 cm³/mol. The molecule has 1 aromatic heterocycles. The summed E-state index contributed by atoms with van der Waals surface area (Å²) in [6, 6.07) is 4.70. The van der Waals surface area contributed by atoms with E-state index in [1.807, 2.05) is 12.4 Å². The molecule has 98 valence electrons. The lowest BCUT2D eigenvalue weighted by atomic mass is 9.89. The summed E-state index contributed by atoms with van der Waals surface area (Å²) in [6.07, 6.45) is 7.95. The molecular weight excluding hydrogens is 228 g/mol. The van der Waals surface area contributed by atoms with E-state index in [4.69, 9.17) is 9.47 Å². The maximum Gasteiger partial charge on any atom is 0.168 e. The molecule has 0 atom stereocenters. The Morgan fingerprint density at radius 2 is 1.78 bits per heavy atom. The maximum absolute atomic E-state index is 5.76. The second-order valence-corrected chi connectivity index (χ2v) is 5.16. The number of ether oxygens (including phenoxy) is 2. The zero-order chi connectivity index (χ0) is 12.4. The average Bonchev–Trinajstić information content (AvgIpc) is 2.88. The van der Waals surface area contributed by atoms with Gasteiger partial charge < -0.3 is 14.4 Å². The Bertz CT molecular complexity index is 380. The molecule has 3 rings (SSSR count). The van der Waals surface area contributed by atoms with Crippen molar-refractivity contribution >= 4 is 5.69 Å². The van der Waals surface area contributed by atoms with Crippen molar-refractivity contribution in [2.75, 3.05) is 25.2 Å². The Balaban J connectivity index is 1.62. The minimum atomic E-state index is -0.254. The molecule has 1 saturated heterocycles. The van der Waals surface area contributed by atoms with Gasteiger partial charge in [-0.25, -0.2) is 0 Å². The van der Waals surface area contributed by atoms with Crippen LogP contribution in [0.2, 0.25) is 0 Å². The topological polar surface area (TPSA) is 34.6 Å². The van der Waals surface area contributed by atoms with Crippen molar-refractivity contribution in [1.82, 2.24) is 4.98 Å². The minimum absolute atomic E-state index is 0.254. The van der Waals surface area contributed by atoms with E-state index >= 15 is 0 Å². The molecule has 2 heterocycles. The third kappa shape index (κ3) is 2.22. The molecule has 0 N–H and O–H groups in total. The van der Waals surface area contributed by atoms with Crippen LogP contribution >= 0.6 is 0 Å². The monoisotopic (exact) mass is 248 g/mol. The van der Waals surface area contributed by atoms with Crippen molar-refractivity contribution in [2.45, 2.75) is 37.5 Å². The minimum Gasteiger partial charge on any atom is -0.372 e. The van der Waals surface area contributed by atoms with E-state index < -0.39 is 0 Å². The molecule has 1 saturated carbocycles. The smallest absolute Gasteiger partial charge is 0.168 e. The standard InChI is InChI=1S/C14H20N2O2/c1-16(13-4-8-15-9-5-13)12-2-6-14(7-3-12)17-10-11-18-14/h4-5,8-9,12H,2-3,6-7,10-11H2,1H3. The first-order valence-corrected chi connectivity index (χ1v) is 6.70. The summed E-state index contributed by atoms with van der Waals surface area (Å²) in [5.41, 5.74) is 1.24. The number of pyridine rings is 1. The predicted octanol–water partition coefficient (Wildman–Crippen LogP) is 2.20. The highest BCUT2D eigenvalue weighted by Gasteiger charge is 2.41. The zero-order valence-corrected chi connectivity index (χ0v) is 10.8. The maximum atomic E-state index is 5.76. The molecular formula is C14H20N2O2. The lowest BCUT2D eigenvalue weighted by Crippen LogP contribution is -2.42. The molecule has 0 bridgehead atoms. The van der Waals surface area contributed by atoms with Crippen molar-refractivity contribution < 1.29 is 9.47 Å². The SMILES string of the molecule is CN(c1ccncc1)C1CCC2(CC1)OCCO2. The summed E-state index contributed by atoms with van der Waals surface area (Å²) >= 11 is 0. The normalized spacial score (nSPS) is 23.4. The molecule has 1 aromatic rings. The molecule has 1 aliphatic heterocycles. The Morgan fingerprint density at radius 1 is 1.17 bits per heavy atom. The van der Waals surface area contributed by atoms with Crippen LogP contribution in [0.5, 0.6) is 0 Å². The molecule has 4 heteroatoms. The van der Waals surface area contributed by atoms with Gasteiger partial charge in [-0.3, -0.25) is 4.98 Å². The van der Waals surface area contributed by atoms with Crippen LogP contribution in [-0.4, -0.2) is 37.1 Å². The van der Waals surface area contributed by atoms with Crippen LogP contribution in [0.15, 0.2) is 24.5 Å². The van der Waals surface area contributed by atoms with Crippen LogP contribution in [0, 0.1) is 0 Å². The van der Waals surface area contributed by atoms with Crippen molar-refractivity contribution in [2.24, 2.45) is 0 Å². The van der Waals surface area contributed by atoms with Gasteiger partial charge in [-0.1, -0.05) is 0 Å².